The van der Waals surface area contributed by atoms with E-state index >= 15 is 0 Å². The highest BCUT2D eigenvalue weighted by Crippen LogP contribution is 2.37. The maximum Gasteiger partial charge on any atom is 0.253 e. The van der Waals surface area contributed by atoms with Gasteiger partial charge in [0.25, 0.3) is 11.8 Å². The highest BCUT2D eigenvalue weighted by atomic mass is 35.5. The number of halogens is 1. The summed E-state index contributed by atoms with van der Waals surface area (Å²) >= 11 is 0. The number of rotatable bonds is 3. The maximum atomic E-state index is 12.0. The number of hydrogen-bond acceptors (Lipinski definition) is 4. The molecule has 19 heavy (non-hydrogen) atoms. The molecular formula is C12H18ClN3O3. The third-order valence-electron chi connectivity index (χ3n) is 3.78. The maximum absolute atomic E-state index is 12.0. The van der Waals surface area contributed by atoms with Crippen molar-refractivity contribution < 1.29 is 14.4 Å². The summed E-state index contributed by atoms with van der Waals surface area (Å²) in [6.45, 7) is 0.126. The van der Waals surface area contributed by atoms with E-state index in [1.54, 1.807) is 0 Å². The van der Waals surface area contributed by atoms with Gasteiger partial charge in [-0.3, -0.25) is 24.7 Å². The number of hydrogen-bond donors (Lipinski definition) is 2. The Morgan fingerprint density at radius 2 is 1.74 bits per heavy atom. The van der Waals surface area contributed by atoms with Gasteiger partial charge >= 0.3 is 0 Å². The molecule has 0 spiro atoms. The van der Waals surface area contributed by atoms with Crippen molar-refractivity contribution in [3.05, 3.63) is 12.2 Å². The topological polar surface area (TPSA) is 92.5 Å². The van der Waals surface area contributed by atoms with Gasteiger partial charge in [-0.15, -0.1) is 12.4 Å². The van der Waals surface area contributed by atoms with E-state index in [0.29, 0.717) is 12.8 Å². The molecule has 0 bridgehead atoms. The minimum atomic E-state index is -0.718. The van der Waals surface area contributed by atoms with Crippen molar-refractivity contribution in [2.24, 2.45) is 11.3 Å². The predicted molar refractivity (Wildman–Crippen MR) is 71.0 cm³/mol. The minimum Gasteiger partial charge on any atom is -0.294 e. The summed E-state index contributed by atoms with van der Waals surface area (Å²) < 4.78 is 0. The lowest BCUT2D eigenvalue weighted by Gasteiger charge is -2.37. The van der Waals surface area contributed by atoms with Crippen molar-refractivity contribution >= 4 is 30.1 Å². The van der Waals surface area contributed by atoms with Gasteiger partial charge in [0, 0.05) is 18.7 Å². The van der Waals surface area contributed by atoms with Crippen LogP contribution in [0, 0.1) is 5.41 Å². The van der Waals surface area contributed by atoms with E-state index < -0.39 is 5.41 Å². The number of nitrogens with two attached hydrogens (primary N) is 1. The average Bonchev–Trinajstić information content (AvgIpc) is 2.70. The van der Waals surface area contributed by atoms with Gasteiger partial charge in [0.15, 0.2) is 0 Å². The molecule has 2 rings (SSSR count). The smallest absolute Gasteiger partial charge is 0.253 e. The van der Waals surface area contributed by atoms with Gasteiger partial charge in [-0.2, -0.15) is 0 Å². The van der Waals surface area contributed by atoms with Crippen molar-refractivity contribution in [3.63, 3.8) is 0 Å². The molecule has 1 aliphatic heterocycles. The van der Waals surface area contributed by atoms with E-state index in [0.717, 1.165) is 24.2 Å². The Labute approximate surface area is 117 Å². The van der Waals surface area contributed by atoms with Crippen molar-refractivity contribution in [3.8, 4) is 0 Å². The van der Waals surface area contributed by atoms with E-state index in [4.69, 9.17) is 5.84 Å². The van der Waals surface area contributed by atoms with Gasteiger partial charge in [-0.25, -0.2) is 5.84 Å². The van der Waals surface area contributed by atoms with E-state index in [9.17, 15) is 14.4 Å². The first-order valence-electron chi connectivity index (χ1n) is 6.14. The second-order valence-corrected chi connectivity index (χ2v) is 4.91. The molecule has 0 saturated heterocycles. The number of nitrogens with one attached hydrogen (secondary N) is 1. The third kappa shape index (κ3) is 2.96. The first-order valence-corrected chi connectivity index (χ1v) is 6.14. The van der Waals surface area contributed by atoms with Gasteiger partial charge in [0.2, 0.25) is 5.91 Å². The lowest BCUT2D eigenvalue weighted by molar-refractivity contribution is -0.143. The van der Waals surface area contributed by atoms with Crippen molar-refractivity contribution in [1.82, 2.24) is 10.3 Å². The van der Waals surface area contributed by atoms with Gasteiger partial charge < -0.3 is 0 Å². The predicted octanol–water partition coefficient (Wildman–Crippen LogP) is 0.274. The number of carbonyl (C=O) groups is 3. The molecule has 0 atom stereocenters. The summed E-state index contributed by atoms with van der Waals surface area (Å²) in [7, 11) is 0. The molecule has 0 radical (unpaired) electrons. The number of hydrazine groups is 1. The van der Waals surface area contributed by atoms with E-state index in [2.05, 4.69) is 5.43 Å². The normalized spacial score (nSPS) is 21.2. The second-order valence-electron chi connectivity index (χ2n) is 4.91. The zero-order chi connectivity index (χ0) is 13.2. The molecule has 0 unspecified atom stereocenters. The molecule has 1 heterocycles. The van der Waals surface area contributed by atoms with E-state index in [1.807, 2.05) is 0 Å². The van der Waals surface area contributed by atoms with Crippen molar-refractivity contribution in [1.29, 1.82) is 0 Å². The second kappa shape index (κ2) is 6.16. The van der Waals surface area contributed by atoms with Crippen LogP contribution in [0.2, 0.25) is 0 Å². The summed E-state index contributed by atoms with van der Waals surface area (Å²) in [6.07, 6.45) is 6.69. The summed E-state index contributed by atoms with van der Waals surface area (Å²) in [5, 5.41) is 0. The summed E-state index contributed by atoms with van der Waals surface area (Å²) in [5.41, 5.74) is 1.45. The first-order chi connectivity index (χ1) is 8.59. The van der Waals surface area contributed by atoms with Crippen LogP contribution in [0.25, 0.3) is 0 Å². The highest BCUT2D eigenvalue weighted by Gasteiger charge is 2.43. The Morgan fingerprint density at radius 1 is 1.21 bits per heavy atom. The quantitative estimate of drug-likeness (QED) is 0.337. The fraction of sp³-hybridized carbons (Fsp3) is 0.583. The van der Waals surface area contributed by atoms with Crippen LogP contribution in [0.1, 0.15) is 32.1 Å². The standard InChI is InChI=1S/C12H17N3O3.ClH/c13-14-11(18)12(6-2-1-3-7-12)8-15-9(16)4-5-10(15)17;/h4-5H,1-3,6-8,13H2,(H,14,18);1H. The SMILES string of the molecule is Cl.NNC(=O)C1(CN2C(=O)C=CC2=O)CCCCC1. The fourth-order valence-electron chi connectivity index (χ4n) is 2.73. The molecule has 106 valence electrons. The van der Waals surface area contributed by atoms with Crippen LogP contribution in [0.4, 0.5) is 0 Å². The Bertz CT molecular complexity index is 398. The van der Waals surface area contributed by atoms with Gasteiger partial charge in [-0.05, 0) is 12.8 Å². The molecule has 0 aromatic rings. The number of nitrogens with zero attached hydrogens (tertiary/aromatic N) is 1. The van der Waals surface area contributed by atoms with Crippen LogP contribution in [-0.2, 0) is 14.4 Å². The van der Waals surface area contributed by atoms with E-state index in [-0.39, 0.29) is 36.7 Å². The lowest BCUT2D eigenvalue weighted by Crippen LogP contribution is -2.52. The molecule has 3 N–H and O–H groups in total. The molecule has 1 saturated carbocycles. The van der Waals surface area contributed by atoms with Crippen LogP contribution in [0.15, 0.2) is 12.2 Å². The lowest BCUT2D eigenvalue weighted by atomic mass is 9.73. The largest absolute Gasteiger partial charge is 0.294 e. The number of amides is 3. The van der Waals surface area contributed by atoms with Crippen LogP contribution in [-0.4, -0.2) is 29.2 Å². The fourth-order valence-corrected chi connectivity index (χ4v) is 2.73. The molecule has 7 heteroatoms. The molecule has 6 nitrogen and oxygen atoms in total. The molecule has 3 amide bonds. The highest BCUT2D eigenvalue weighted by molar-refractivity contribution is 6.13. The third-order valence-corrected chi connectivity index (χ3v) is 3.78. The summed E-state index contributed by atoms with van der Waals surface area (Å²) in [4.78, 5) is 36.2. The molecule has 2 aliphatic rings. The summed E-state index contributed by atoms with van der Waals surface area (Å²) in [5.74, 6) is 4.24. The molecule has 1 aliphatic carbocycles. The monoisotopic (exact) mass is 287 g/mol. The zero-order valence-electron chi connectivity index (χ0n) is 10.6. The Hall–Kier alpha value is -1.40. The van der Waals surface area contributed by atoms with Crippen LogP contribution >= 0.6 is 12.4 Å². The van der Waals surface area contributed by atoms with Crippen LogP contribution in [0.5, 0.6) is 0 Å². The van der Waals surface area contributed by atoms with E-state index in [1.165, 1.54) is 12.2 Å². The minimum absolute atomic E-state index is 0. The van der Waals surface area contributed by atoms with Crippen LogP contribution in [0.3, 0.4) is 0 Å². The number of carbonyl (C=O) groups excluding carboxylic acids is 3. The summed E-state index contributed by atoms with van der Waals surface area (Å²) in [6, 6.07) is 0. The molecule has 0 aromatic carbocycles. The van der Waals surface area contributed by atoms with Crippen molar-refractivity contribution in [2.75, 3.05) is 6.54 Å². The molecule has 1 fully saturated rings. The van der Waals surface area contributed by atoms with Crippen LogP contribution < -0.4 is 11.3 Å². The average molecular weight is 288 g/mol. The Kier molecular flexibility index (Phi) is 5.08. The first kappa shape index (κ1) is 15.7. The number of imide groups is 1. The molecule has 0 aromatic heterocycles. The Morgan fingerprint density at radius 3 is 2.21 bits per heavy atom. The zero-order valence-corrected chi connectivity index (χ0v) is 11.4. The van der Waals surface area contributed by atoms with Gasteiger partial charge in [0.1, 0.15) is 0 Å². The Balaban J connectivity index is 0.00000180. The van der Waals surface area contributed by atoms with Gasteiger partial charge in [-0.1, -0.05) is 19.3 Å². The van der Waals surface area contributed by atoms with Crippen molar-refractivity contribution in [2.45, 2.75) is 32.1 Å². The van der Waals surface area contributed by atoms with Gasteiger partial charge in [0.05, 0.1) is 5.41 Å². The molecular weight excluding hydrogens is 270 g/mol.